The summed E-state index contributed by atoms with van der Waals surface area (Å²) in [6.45, 7) is 5.71. The maximum atomic E-state index is 4.83. The van der Waals surface area contributed by atoms with Crippen molar-refractivity contribution in [1.82, 2.24) is 29.8 Å². The summed E-state index contributed by atoms with van der Waals surface area (Å²) in [4.78, 5) is 14.0. The monoisotopic (exact) mass is 360 g/mol. The number of likely N-dealkylation sites (N-methyl/N-ethyl adjacent to an activating group) is 1. The molecular weight excluding hydrogens is 340 g/mol. The average molecular weight is 360 g/mol. The zero-order chi connectivity index (χ0) is 18.5. The number of benzene rings is 1. The van der Waals surface area contributed by atoms with E-state index in [0.717, 1.165) is 52.9 Å². The largest absolute Gasteiger partial charge is 0.352 e. The van der Waals surface area contributed by atoms with E-state index in [2.05, 4.69) is 32.1 Å². The van der Waals surface area contributed by atoms with Crippen LogP contribution in [0.15, 0.2) is 36.4 Å². The average Bonchev–Trinajstić information content (AvgIpc) is 3.00. The summed E-state index contributed by atoms with van der Waals surface area (Å²) in [6.07, 6.45) is 0. The molecule has 0 radical (unpaired) electrons. The molecular formula is C19H20N8. The van der Waals surface area contributed by atoms with E-state index in [9.17, 15) is 0 Å². The second-order valence-corrected chi connectivity index (χ2v) is 7.00. The van der Waals surface area contributed by atoms with Crippen LogP contribution in [0.1, 0.15) is 11.5 Å². The van der Waals surface area contributed by atoms with E-state index < -0.39 is 0 Å². The van der Waals surface area contributed by atoms with Gasteiger partial charge in [-0.3, -0.25) is 0 Å². The van der Waals surface area contributed by atoms with E-state index in [4.69, 9.17) is 9.97 Å². The maximum absolute atomic E-state index is 4.83. The summed E-state index contributed by atoms with van der Waals surface area (Å²) in [5, 5.41) is 12.8. The fourth-order valence-corrected chi connectivity index (χ4v) is 3.53. The summed E-state index contributed by atoms with van der Waals surface area (Å²) < 4.78 is 1.78. The van der Waals surface area contributed by atoms with E-state index in [1.54, 1.807) is 4.52 Å². The first-order chi connectivity index (χ1) is 13.1. The lowest BCUT2D eigenvalue weighted by Crippen LogP contribution is -2.59. The number of aromatic nitrogens is 6. The van der Waals surface area contributed by atoms with Crippen molar-refractivity contribution in [3.63, 3.8) is 0 Å². The van der Waals surface area contributed by atoms with Crippen molar-refractivity contribution in [3.8, 4) is 0 Å². The molecule has 8 heteroatoms. The van der Waals surface area contributed by atoms with Gasteiger partial charge in [0.25, 0.3) is 0 Å². The summed E-state index contributed by atoms with van der Waals surface area (Å²) in [6, 6.07) is 12.3. The van der Waals surface area contributed by atoms with Crippen molar-refractivity contribution in [2.75, 3.05) is 29.9 Å². The molecule has 0 aliphatic carbocycles. The van der Waals surface area contributed by atoms with Crippen molar-refractivity contribution < 1.29 is 0 Å². The number of fused-ring (bicyclic) bond motifs is 2. The van der Waals surface area contributed by atoms with Gasteiger partial charge in [0.05, 0.1) is 22.8 Å². The van der Waals surface area contributed by atoms with Gasteiger partial charge in [-0.25, -0.2) is 9.97 Å². The minimum atomic E-state index is 0.374. The third kappa shape index (κ3) is 2.56. The summed E-state index contributed by atoms with van der Waals surface area (Å²) >= 11 is 0. The fraction of sp³-hybridized carbons (Fsp3) is 0.316. The second-order valence-electron chi connectivity index (χ2n) is 7.00. The summed E-state index contributed by atoms with van der Waals surface area (Å²) in [5.41, 5.74) is 3.59. The number of para-hydroxylation sites is 2. The van der Waals surface area contributed by atoms with Crippen LogP contribution in [0.3, 0.4) is 0 Å². The highest BCUT2D eigenvalue weighted by atomic mass is 15.4. The molecule has 1 aliphatic rings. The first-order valence-electron chi connectivity index (χ1n) is 9.00. The molecule has 4 heterocycles. The molecule has 0 N–H and O–H groups in total. The van der Waals surface area contributed by atoms with Crippen molar-refractivity contribution >= 4 is 28.3 Å². The van der Waals surface area contributed by atoms with Crippen LogP contribution in [0, 0.1) is 13.8 Å². The number of hydrogen-bond acceptors (Lipinski definition) is 7. The third-order valence-electron chi connectivity index (χ3n) is 5.19. The lowest BCUT2D eigenvalue weighted by atomic mass is 10.1. The van der Waals surface area contributed by atoms with Crippen molar-refractivity contribution in [2.45, 2.75) is 19.9 Å². The lowest BCUT2D eigenvalue weighted by Gasteiger charge is -2.45. The summed E-state index contributed by atoms with van der Waals surface area (Å²) in [7, 11) is 2.09. The Labute approximate surface area is 156 Å². The Bertz CT molecular complexity index is 1150. The molecule has 8 nitrogen and oxygen atoms in total. The highest BCUT2D eigenvalue weighted by molar-refractivity contribution is 5.76. The van der Waals surface area contributed by atoms with Crippen molar-refractivity contribution in [3.05, 3.63) is 47.9 Å². The topological polar surface area (TPSA) is 75.3 Å². The van der Waals surface area contributed by atoms with Gasteiger partial charge < -0.3 is 9.80 Å². The molecule has 1 aromatic carbocycles. The van der Waals surface area contributed by atoms with E-state index in [1.165, 1.54) is 0 Å². The smallest absolute Gasteiger partial charge is 0.178 e. The van der Waals surface area contributed by atoms with Gasteiger partial charge in [0.15, 0.2) is 17.3 Å². The van der Waals surface area contributed by atoms with Gasteiger partial charge in [-0.2, -0.15) is 4.52 Å². The van der Waals surface area contributed by atoms with Crippen LogP contribution in [-0.4, -0.2) is 56.0 Å². The first kappa shape index (κ1) is 15.9. The van der Waals surface area contributed by atoms with Gasteiger partial charge in [-0.15, -0.1) is 15.3 Å². The predicted molar refractivity (Wildman–Crippen MR) is 104 cm³/mol. The molecule has 1 saturated heterocycles. The molecule has 0 unspecified atom stereocenters. The maximum Gasteiger partial charge on any atom is 0.178 e. The molecule has 0 amide bonds. The van der Waals surface area contributed by atoms with Crippen LogP contribution in [0.2, 0.25) is 0 Å². The lowest BCUT2D eigenvalue weighted by molar-refractivity contribution is 0.486. The van der Waals surface area contributed by atoms with Crippen LogP contribution in [0.4, 0.5) is 11.6 Å². The van der Waals surface area contributed by atoms with Crippen LogP contribution in [0.25, 0.3) is 16.7 Å². The van der Waals surface area contributed by atoms with Crippen LogP contribution in [-0.2, 0) is 0 Å². The minimum Gasteiger partial charge on any atom is -0.352 e. The number of nitrogens with zero attached hydrogens (tertiary/aromatic N) is 8. The third-order valence-corrected chi connectivity index (χ3v) is 5.19. The van der Waals surface area contributed by atoms with Gasteiger partial charge in [0.1, 0.15) is 5.82 Å². The Balaban J connectivity index is 1.36. The van der Waals surface area contributed by atoms with E-state index in [-0.39, 0.29) is 0 Å². The molecule has 0 atom stereocenters. The molecule has 1 fully saturated rings. The van der Waals surface area contributed by atoms with Gasteiger partial charge >= 0.3 is 0 Å². The van der Waals surface area contributed by atoms with E-state index in [1.807, 2.05) is 50.2 Å². The van der Waals surface area contributed by atoms with Gasteiger partial charge in [-0.1, -0.05) is 12.1 Å². The normalized spacial score (nSPS) is 14.7. The van der Waals surface area contributed by atoms with E-state index >= 15 is 0 Å². The van der Waals surface area contributed by atoms with Crippen LogP contribution < -0.4 is 9.80 Å². The molecule has 0 bridgehead atoms. The Hall–Kier alpha value is -3.29. The summed E-state index contributed by atoms with van der Waals surface area (Å²) in [5.74, 6) is 2.68. The molecule has 0 saturated carbocycles. The number of aryl methyl sites for hydroxylation is 2. The van der Waals surface area contributed by atoms with E-state index in [0.29, 0.717) is 6.04 Å². The molecule has 3 aromatic heterocycles. The second kappa shape index (κ2) is 5.87. The molecule has 1 aliphatic heterocycles. The van der Waals surface area contributed by atoms with Gasteiger partial charge in [0.2, 0.25) is 0 Å². The van der Waals surface area contributed by atoms with Crippen LogP contribution in [0.5, 0.6) is 0 Å². The fourth-order valence-electron chi connectivity index (χ4n) is 3.53. The zero-order valence-electron chi connectivity index (χ0n) is 15.5. The number of anilines is 2. The predicted octanol–water partition coefficient (Wildman–Crippen LogP) is 2.01. The molecule has 136 valence electrons. The van der Waals surface area contributed by atoms with Crippen molar-refractivity contribution in [2.24, 2.45) is 0 Å². The number of hydrogen-bond donors (Lipinski definition) is 0. The highest BCUT2D eigenvalue weighted by Crippen LogP contribution is 2.26. The first-order valence-corrected chi connectivity index (χ1v) is 9.00. The van der Waals surface area contributed by atoms with Crippen molar-refractivity contribution in [1.29, 1.82) is 0 Å². The SMILES string of the molecule is Cc1nc2ccccc2nc1N(C)C1CN(c2ccc3nnc(C)n3n2)C1. The quantitative estimate of drug-likeness (QED) is 0.553. The number of rotatable bonds is 3. The van der Waals surface area contributed by atoms with Crippen LogP contribution >= 0.6 is 0 Å². The standard InChI is InChI=1S/C19H20N8/c1-12-19(21-16-7-5-4-6-15(16)20-12)25(3)14-10-26(11-14)18-9-8-17-23-22-13(2)27(17)24-18/h4-9,14H,10-11H2,1-3H3. The Morgan fingerprint density at radius 1 is 0.963 bits per heavy atom. The van der Waals surface area contributed by atoms with Gasteiger partial charge in [-0.05, 0) is 38.1 Å². The molecule has 0 spiro atoms. The van der Waals surface area contributed by atoms with Gasteiger partial charge in [0, 0.05) is 20.1 Å². The highest BCUT2D eigenvalue weighted by Gasteiger charge is 2.32. The Kier molecular flexibility index (Phi) is 3.46. The molecule has 5 rings (SSSR count). The zero-order valence-corrected chi connectivity index (χ0v) is 15.5. The Morgan fingerprint density at radius 2 is 1.70 bits per heavy atom. The Morgan fingerprint density at radius 3 is 2.48 bits per heavy atom. The molecule has 27 heavy (non-hydrogen) atoms. The minimum absolute atomic E-state index is 0.374. The molecule has 4 aromatic rings.